The van der Waals surface area contributed by atoms with Crippen molar-refractivity contribution in [3.63, 3.8) is 0 Å². The molecule has 1 unspecified atom stereocenters. The maximum Gasteiger partial charge on any atom is 0.251 e. The first-order valence-electron chi connectivity index (χ1n) is 4.23. The van der Waals surface area contributed by atoms with Gasteiger partial charge in [0.25, 0.3) is 5.91 Å². The van der Waals surface area contributed by atoms with Crippen molar-refractivity contribution >= 4 is 5.91 Å². The van der Waals surface area contributed by atoms with E-state index in [-0.39, 0.29) is 11.9 Å². The minimum Gasteiger partial charge on any atom is -0.369 e. The van der Waals surface area contributed by atoms with Crippen LogP contribution in [0.1, 0.15) is 27.2 Å². The molecule has 0 spiro atoms. The highest BCUT2D eigenvalue weighted by molar-refractivity contribution is 5.84. The molecule has 0 aromatic carbocycles. The summed E-state index contributed by atoms with van der Waals surface area (Å²) in [5, 5.41) is 2.77. The van der Waals surface area contributed by atoms with Gasteiger partial charge in [0.1, 0.15) is 5.60 Å². The van der Waals surface area contributed by atoms with E-state index in [1.54, 1.807) is 13.8 Å². The van der Waals surface area contributed by atoms with Crippen molar-refractivity contribution in [1.82, 2.24) is 5.32 Å². The van der Waals surface area contributed by atoms with Crippen LogP contribution in [0.5, 0.6) is 0 Å². The molecule has 3 heteroatoms. The molecule has 13 heavy (non-hydrogen) atoms. The Morgan fingerprint density at radius 1 is 1.69 bits per heavy atom. The lowest BCUT2D eigenvalue weighted by Gasteiger charge is -2.23. The van der Waals surface area contributed by atoms with Crippen LogP contribution in [0, 0.1) is 12.3 Å². The van der Waals surface area contributed by atoms with Crippen LogP contribution in [0.4, 0.5) is 0 Å². The molecule has 0 rings (SSSR count). The van der Waals surface area contributed by atoms with Crippen LogP contribution < -0.4 is 5.32 Å². The summed E-state index contributed by atoms with van der Waals surface area (Å²) in [7, 11) is 1.51. The Bertz CT molecular complexity index is 215. The van der Waals surface area contributed by atoms with E-state index in [1.165, 1.54) is 7.11 Å². The van der Waals surface area contributed by atoms with Crippen LogP contribution in [-0.2, 0) is 9.53 Å². The molecule has 1 N–H and O–H groups in total. The Morgan fingerprint density at radius 3 is 2.62 bits per heavy atom. The van der Waals surface area contributed by atoms with E-state index in [1.807, 2.05) is 6.92 Å². The van der Waals surface area contributed by atoms with Crippen LogP contribution in [-0.4, -0.2) is 24.7 Å². The normalized spacial score (nSPS) is 13.2. The van der Waals surface area contributed by atoms with Crippen LogP contribution in [0.2, 0.25) is 0 Å². The third-order valence-corrected chi connectivity index (χ3v) is 1.86. The number of ether oxygens (including phenoxy) is 1. The van der Waals surface area contributed by atoms with Crippen molar-refractivity contribution in [3.05, 3.63) is 0 Å². The van der Waals surface area contributed by atoms with Crippen molar-refractivity contribution < 1.29 is 9.53 Å². The lowest BCUT2D eigenvalue weighted by atomic mass is 10.1. The monoisotopic (exact) mass is 183 g/mol. The largest absolute Gasteiger partial charge is 0.369 e. The number of nitrogens with one attached hydrogen (secondary N) is 1. The van der Waals surface area contributed by atoms with Crippen molar-refractivity contribution in [1.29, 1.82) is 0 Å². The van der Waals surface area contributed by atoms with Crippen molar-refractivity contribution in [2.24, 2.45) is 0 Å². The number of carbonyl (C=O) groups is 1. The summed E-state index contributed by atoms with van der Waals surface area (Å²) < 4.78 is 5.01. The fraction of sp³-hybridized carbons (Fsp3) is 0.700. The Balaban J connectivity index is 4.09. The summed E-state index contributed by atoms with van der Waals surface area (Å²) in [5.74, 6) is 2.35. The van der Waals surface area contributed by atoms with Gasteiger partial charge in [-0.1, -0.05) is 0 Å². The topological polar surface area (TPSA) is 38.3 Å². The molecule has 0 aromatic heterocycles. The first-order valence-corrected chi connectivity index (χ1v) is 4.23. The average molecular weight is 183 g/mol. The van der Waals surface area contributed by atoms with Gasteiger partial charge in [0.15, 0.2) is 0 Å². The third-order valence-electron chi connectivity index (χ3n) is 1.86. The molecule has 0 saturated heterocycles. The smallest absolute Gasteiger partial charge is 0.251 e. The number of hydrogen-bond acceptors (Lipinski definition) is 2. The molecule has 0 radical (unpaired) electrons. The molecule has 0 saturated carbocycles. The predicted octanol–water partition coefficient (Wildman–Crippen LogP) is 0.939. The molecular weight excluding hydrogens is 166 g/mol. The number of terminal acetylenes is 1. The Kier molecular flexibility index (Phi) is 4.50. The molecule has 0 aliphatic heterocycles. The highest BCUT2D eigenvalue weighted by Crippen LogP contribution is 2.07. The van der Waals surface area contributed by atoms with Crippen molar-refractivity contribution in [2.45, 2.75) is 38.8 Å². The second-order valence-corrected chi connectivity index (χ2v) is 3.50. The molecular formula is C10H17NO2. The molecule has 3 nitrogen and oxygen atoms in total. The molecule has 0 bridgehead atoms. The minimum absolute atomic E-state index is 0.00748. The number of rotatable bonds is 4. The molecule has 0 aliphatic carbocycles. The van der Waals surface area contributed by atoms with Gasteiger partial charge >= 0.3 is 0 Å². The fourth-order valence-electron chi connectivity index (χ4n) is 0.718. The highest BCUT2D eigenvalue weighted by atomic mass is 16.5. The van der Waals surface area contributed by atoms with E-state index < -0.39 is 5.60 Å². The van der Waals surface area contributed by atoms with Gasteiger partial charge in [0.2, 0.25) is 0 Å². The maximum atomic E-state index is 11.5. The number of amides is 1. The minimum atomic E-state index is -0.789. The SMILES string of the molecule is C#CCC(C)NC(=O)C(C)(C)OC. The summed E-state index contributed by atoms with van der Waals surface area (Å²) in [5.41, 5.74) is -0.789. The summed E-state index contributed by atoms with van der Waals surface area (Å²) >= 11 is 0. The van der Waals surface area contributed by atoms with Gasteiger partial charge in [0, 0.05) is 19.6 Å². The fourth-order valence-corrected chi connectivity index (χ4v) is 0.718. The van der Waals surface area contributed by atoms with Gasteiger partial charge in [0.05, 0.1) is 0 Å². The molecule has 0 heterocycles. The quantitative estimate of drug-likeness (QED) is 0.659. The summed E-state index contributed by atoms with van der Waals surface area (Å²) in [4.78, 5) is 11.5. The Morgan fingerprint density at radius 2 is 2.23 bits per heavy atom. The summed E-state index contributed by atoms with van der Waals surface area (Å²) in [6, 6.07) is -0.00748. The first kappa shape index (κ1) is 12.0. The van der Waals surface area contributed by atoms with Gasteiger partial charge in [-0.25, -0.2) is 0 Å². The van der Waals surface area contributed by atoms with E-state index in [0.717, 1.165) is 0 Å². The average Bonchev–Trinajstić information content (AvgIpc) is 2.04. The standard InChI is InChI=1S/C10H17NO2/c1-6-7-8(2)11-9(12)10(3,4)13-5/h1,8H,7H2,2-5H3,(H,11,12). The van der Waals surface area contributed by atoms with Crippen molar-refractivity contribution in [3.8, 4) is 12.3 Å². The first-order chi connectivity index (χ1) is 5.94. The zero-order valence-corrected chi connectivity index (χ0v) is 8.68. The Labute approximate surface area is 79.8 Å². The maximum absolute atomic E-state index is 11.5. The summed E-state index contributed by atoms with van der Waals surface area (Å²) in [6.07, 6.45) is 5.65. The number of hydrogen-bond donors (Lipinski definition) is 1. The van der Waals surface area contributed by atoms with Gasteiger partial charge in [-0.3, -0.25) is 4.79 Å². The molecule has 0 aliphatic rings. The zero-order chi connectivity index (χ0) is 10.5. The van der Waals surface area contributed by atoms with Gasteiger partial charge in [-0.05, 0) is 20.8 Å². The zero-order valence-electron chi connectivity index (χ0n) is 8.68. The second-order valence-electron chi connectivity index (χ2n) is 3.50. The van der Waals surface area contributed by atoms with Gasteiger partial charge < -0.3 is 10.1 Å². The highest BCUT2D eigenvalue weighted by Gasteiger charge is 2.27. The number of methoxy groups -OCH3 is 1. The van der Waals surface area contributed by atoms with Gasteiger partial charge in [-0.15, -0.1) is 12.3 Å². The van der Waals surface area contributed by atoms with Crippen molar-refractivity contribution in [2.75, 3.05) is 7.11 Å². The third kappa shape index (κ3) is 3.95. The van der Waals surface area contributed by atoms with Gasteiger partial charge in [-0.2, -0.15) is 0 Å². The van der Waals surface area contributed by atoms with E-state index in [9.17, 15) is 4.79 Å². The predicted molar refractivity (Wildman–Crippen MR) is 52.1 cm³/mol. The van der Waals surface area contributed by atoms with Crippen LogP contribution >= 0.6 is 0 Å². The van der Waals surface area contributed by atoms with Crippen LogP contribution in [0.25, 0.3) is 0 Å². The lowest BCUT2D eigenvalue weighted by Crippen LogP contribution is -2.46. The lowest BCUT2D eigenvalue weighted by molar-refractivity contribution is -0.140. The van der Waals surface area contributed by atoms with E-state index in [2.05, 4.69) is 11.2 Å². The van der Waals surface area contributed by atoms with Crippen LogP contribution in [0.3, 0.4) is 0 Å². The van der Waals surface area contributed by atoms with E-state index in [0.29, 0.717) is 6.42 Å². The van der Waals surface area contributed by atoms with E-state index in [4.69, 9.17) is 11.2 Å². The summed E-state index contributed by atoms with van der Waals surface area (Å²) in [6.45, 7) is 5.29. The van der Waals surface area contributed by atoms with Crippen LogP contribution in [0.15, 0.2) is 0 Å². The molecule has 1 atom stereocenters. The second kappa shape index (κ2) is 4.88. The molecule has 74 valence electrons. The van der Waals surface area contributed by atoms with E-state index >= 15 is 0 Å². The molecule has 1 amide bonds. The Hall–Kier alpha value is -1.01. The molecule has 0 aromatic rings. The number of carbonyl (C=O) groups excluding carboxylic acids is 1. The molecule has 0 fully saturated rings.